The maximum Gasteiger partial charge on any atom is 0.166 e. The van der Waals surface area contributed by atoms with E-state index < -0.39 is 0 Å². The van der Waals surface area contributed by atoms with Gasteiger partial charge < -0.3 is 5.32 Å². The van der Waals surface area contributed by atoms with Gasteiger partial charge in [-0.1, -0.05) is 0 Å². The Kier molecular flexibility index (Phi) is 2.78. The summed E-state index contributed by atoms with van der Waals surface area (Å²) in [6.07, 6.45) is 3.23. The van der Waals surface area contributed by atoms with E-state index in [1.54, 1.807) is 12.3 Å². The van der Waals surface area contributed by atoms with E-state index in [-0.39, 0.29) is 0 Å². The van der Waals surface area contributed by atoms with Crippen molar-refractivity contribution in [2.75, 3.05) is 5.32 Å². The first-order chi connectivity index (χ1) is 7.81. The van der Waals surface area contributed by atoms with Crippen LogP contribution in [-0.4, -0.2) is 20.4 Å². The molecule has 0 amide bonds. The number of hydrogen-bond donors (Lipinski definition) is 2. The topological polar surface area (TPSA) is 90.3 Å². The third-order valence-electron chi connectivity index (χ3n) is 2.22. The number of nitriles is 1. The first kappa shape index (κ1) is 10.1. The Morgan fingerprint density at radius 3 is 3.12 bits per heavy atom. The molecular formula is C10H10N6. The van der Waals surface area contributed by atoms with Gasteiger partial charge in [-0.25, -0.2) is 0 Å². The third-order valence-corrected chi connectivity index (χ3v) is 2.22. The van der Waals surface area contributed by atoms with E-state index >= 15 is 0 Å². The van der Waals surface area contributed by atoms with Crippen molar-refractivity contribution in [3.05, 3.63) is 35.3 Å². The van der Waals surface area contributed by atoms with Gasteiger partial charge in [-0.2, -0.15) is 15.5 Å². The highest BCUT2D eigenvalue weighted by Crippen LogP contribution is 2.11. The molecular weight excluding hydrogens is 204 g/mol. The largest absolute Gasteiger partial charge is 0.363 e. The van der Waals surface area contributed by atoms with E-state index in [1.807, 2.05) is 6.92 Å². The highest BCUT2D eigenvalue weighted by atomic mass is 15.2. The summed E-state index contributed by atoms with van der Waals surface area (Å²) in [5, 5.41) is 26.3. The second kappa shape index (κ2) is 4.40. The van der Waals surface area contributed by atoms with Gasteiger partial charge in [0, 0.05) is 17.8 Å². The number of H-pyrrole nitrogens is 1. The molecule has 0 saturated heterocycles. The molecule has 0 fully saturated rings. The van der Waals surface area contributed by atoms with Crippen molar-refractivity contribution in [1.82, 2.24) is 20.4 Å². The number of aromatic amines is 1. The Balaban J connectivity index is 2.11. The maximum atomic E-state index is 8.85. The van der Waals surface area contributed by atoms with Gasteiger partial charge in [-0.05, 0) is 13.0 Å². The van der Waals surface area contributed by atoms with Crippen LogP contribution >= 0.6 is 0 Å². The van der Waals surface area contributed by atoms with Crippen molar-refractivity contribution in [2.24, 2.45) is 0 Å². The molecule has 6 nitrogen and oxygen atoms in total. The number of nitrogens with zero attached hydrogens (tertiary/aromatic N) is 4. The number of aryl methyl sites for hydroxylation is 1. The number of aromatic nitrogens is 4. The number of hydrogen-bond acceptors (Lipinski definition) is 5. The van der Waals surface area contributed by atoms with Gasteiger partial charge in [0.25, 0.3) is 0 Å². The summed E-state index contributed by atoms with van der Waals surface area (Å²) < 4.78 is 0. The van der Waals surface area contributed by atoms with Crippen molar-refractivity contribution in [2.45, 2.75) is 13.5 Å². The van der Waals surface area contributed by atoms with E-state index in [0.29, 0.717) is 17.9 Å². The molecule has 0 unspecified atom stereocenters. The fourth-order valence-corrected chi connectivity index (χ4v) is 1.29. The van der Waals surface area contributed by atoms with Gasteiger partial charge in [0.15, 0.2) is 5.82 Å². The van der Waals surface area contributed by atoms with E-state index in [2.05, 4.69) is 31.8 Å². The number of nitrogens with one attached hydrogen (secondary N) is 2. The summed E-state index contributed by atoms with van der Waals surface area (Å²) in [7, 11) is 0. The molecule has 6 heteroatoms. The summed E-state index contributed by atoms with van der Waals surface area (Å²) in [4.78, 5) is 0. The Labute approximate surface area is 92.3 Å². The second-order valence-electron chi connectivity index (χ2n) is 3.28. The fourth-order valence-electron chi connectivity index (χ4n) is 1.29. The Hall–Kier alpha value is -2.42. The lowest BCUT2D eigenvalue weighted by molar-refractivity contribution is 0.989. The molecule has 2 aromatic rings. The van der Waals surface area contributed by atoms with Crippen LogP contribution in [0, 0.1) is 18.3 Å². The van der Waals surface area contributed by atoms with E-state index in [9.17, 15) is 0 Å². The molecule has 16 heavy (non-hydrogen) atoms. The molecule has 0 spiro atoms. The van der Waals surface area contributed by atoms with Crippen LogP contribution in [0.1, 0.15) is 16.8 Å². The Bertz CT molecular complexity index is 524. The summed E-state index contributed by atoms with van der Waals surface area (Å²) in [5.74, 6) is 0.491. The summed E-state index contributed by atoms with van der Waals surface area (Å²) in [5.41, 5.74) is 2.51. The summed E-state index contributed by atoms with van der Waals surface area (Å²) >= 11 is 0. The quantitative estimate of drug-likeness (QED) is 0.795. The molecule has 2 heterocycles. The second-order valence-corrected chi connectivity index (χ2v) is 3.28. The van der Waals surface area contributed by atoms with Crippen LogP contribution in [0.4, 0.5) is 5.82 Å². The molecule has 80 valence electrons. The monoisotopic (exact) mass is 214 g/mol. The molecule has 0 saturated carbocycles. The van der Waals surface area contributed by atoms with Crippen molar-refractivity contribution < 1.29 is 0 Å². The number of anilines is 1. The van der Waals surface area contributed by atoms with Gasteiger partial charge in [-0.3, -0.25) is 5.10 Å². The first-order valence-electron chi connectivity index (χ1n) is 4.76. The van der Waals surface area contributed by atoms with E-state index in [1.165, 1.54) is 6.20 Å². The van der Waals surface area contributed by atoms with E-state index in [4.69, 9.17) is 5.26 Å². The SMILES string of the molecule is Cc1[nH]ncc1CNc1nnccc1C#N. The minimum absolute atomic E-state index is 0.483. The lowest BCUT2D eigenvalue weighted by Crippen LogP contribution is -2.04. The molecule has 0 atom stereocenters. The highest BCUT2D eigenvalue weighted by molar-refractivity contribution is 5.50. The molecule has 2 rings (SSSR count). The Morgan fingerprint density at radius 1 is 1.56 bits per heavy atom. The zero-order chi connectivity index (χ0) is 11.4. The summed E-state index contributed by atoms with van der Waals surface area (Å²) in [6.45, 7) is 2.50. The van der Waals surface area contributed by atoms with Crippen molar-refractivity contribution >= 4 is 5.82 Å². The van der Waals surface area contributed by atoms with Crippen LogP contribution in [0.25, 0.3) is 0 Å². The predicted molar refractivity (Wildman–Crippen MR) is 57.4 cm³/mol. The van der Waals surface area contributed by atoms with Gasteiger partial charge >= 0.3 is 0 Å². The molecule has 0 bridgehead atoms. The first-order valence-corrected chi connectivity index (χ1v) is 4.76. The van der Waals surface area contributed by atoms with Crippen molar-refractivity contribution in [1.29, 1.82) is 5.26 Å². The minimum atomic E-state index is 0.483. The lowest BCUT2D eigenvalue weighted by atomic mass is 10.2. The molecule has 0 aliphatic heterocycles. The van der Waals surface area contributed by atoms with Crippen LogP contribution in [0.2, 0.25) is 0 Å². The predicted octanol–water partition coefficient (Wildman–Crippen LogP) is 0.992. The molecule has 0 aromatic carbocycles. The van der Waals surface area contributed by atoms with Crippen molar-refractivity contribution in [3.63, 3.8) is 0 Å². The fraction of sp³-hybridized carbons (Fsp3) is 0.200. The third kappa shape index (κ3) is 1.98. The zero-order valence-corrected chi connectivity index (χ0v) is 8.73. The molecule has 2 aromatic heterocycles. The molecule has 2 N–H and O–H groups in total. The summed E-state index contributed by atoms with van der Waals surface area (Å²) in [6, 6.07) is 3.67. The van der Waals surface area contributed by atoms with Gasteiger partial charge in [-0.15, -0.1) is 5.10 Å². The Morgan fingerprint density at radius 2 is 2.44 bits per heavy atom. The average Bonchev–Trinajstić information content (AvgIpc) is 2.72. The van der Waals surface area contributed by atoms with E-state index in [0.717, 1.165) is 11.3 Å². The van der Waals surface area contributed by atoms with Crippen molar-refractivity contribution in [3.8, 4) is 6.07 Å². The van der Waals surface area contributed by atoms with Gasteiger partial charge in [0.2, 0.25) is 0 Å². The van der Waals surface area contributed by atoms with Crippen LogP contribution < -0.4 is 5.32 Å². The van der Waals surface area contributed by atoms with Crippen LogP contribution in [0.5, 0.6) is 0 Å². The molecule has 0 radical (unpaired) electrons. The van der Waals surface area contributed by atoms with Gasteiger partial charge in [0.1, 0.15) is 6.07 Å². The normalized spacial score (nSPS) is 9.75. The van der Waals surface area contributed by atoms with Crippen LogP contribution in [-0.2, 0) is 6.54 Å². The lowest BCUT2D eigenvalue weighted by Gasteiger charge is -2.04. The highest BCUT2D eigenvalue weighted by Gasteiger charge is 2.04. The standard InChI is InChI=1S/C10H10N6/c1-7-9(6-14-15-7)5-12-10-8(4-11)2-3-13-16-10/h2-3,6H,5H2,1H3,(H,12,16)(H,14,15). The number of rotatable bonds is 3. The van der Waals surface area contributed by atoms with Crippen LogP contribution in [0.3, 0.4) is 0 Å². The maximum absolute atomic E-state index is 8.85. The average molecular weight is 214 g/mol. The molecule has 0 aliphatic carbocycles. The van der Waals surface area contributed by atoms with Gasteiger partial charge in [0.05, 0.1) is 18.0 Å². The minimum Gasteiger partial charge on any atom is -0.363 e. The molecule has 0 aliphatic rings. The van der Waals surface area contributed by atoms with Crippen LogP contribution in [0.15, 0.2) is 18.5 Å². The zero-order valence-electron chi connectivity index (χ0n) is 8.73. The smallest absolute Gasteiger partial charge is 0.166 e.